The summed E-state index contributed by atoms with van der Waals surface area (Å²) in [7, 11) is 0. The Bertz CT molecular complexity index is 1520. The smallest absolute Gasteiger partial charge is 0.338 e. The number of aryl methyl sites for hydroxylation is 1. The molecular formula is C30H34N2O5S. The molecule has 0 spiro atoms. The SMILES string of the molecule is CCCCOc1ccc(/C=c2/sc3n(c2=O)[C@@H](c2ccc(C)cc2)C(C(=O)OCC)=C(C)N=3)cc1OCC. The van der Waals surface area contributed by atoms with Gasteiger partial charge in [0.25, 0.3) is 5.56 Å². The topological polar surface area (TPSA) is 79.1 Å². The van der Waals surface area contributed by atoms with Gasteiger partial charge < -0.3 is 14.2 Å². The van der Waals surface area contributed by atoms with Crippen LogP contribution < -0.4 is 24.4 Å². The Morgan fingerprint density at radius 1 is 1.03 bits per heavy atom. The maximum atomic E-state index is 13.8. The molecule has 1 aromatic heterocycles. The Kier molecular flexibility index (Phi) is 8.84. The second kappa shape index (κ2) is 12.3. The van der Waals surface area contributed by atoms with Crippen molar-refractivity contribution in [3.8, 4) is 11.5 Å². The maximum Gasteiger partial charge on any atom is 0.338 e. The fraction of sp³-hybridized carbons (Fsp3) is 0.367. The molecule has 0 aliphatic carbocycles. The number of ether oxygens (including phenoxy) is 3. The second-order valence-electron chi connectivity index (χ2n) is 9.05. The van der Waals surface area contributed by atoms with Gasteiger partial charge in [0.2, 0.25) is 0 Å². The molecule has 0 fully saturated rings. The minimum Gasteiger partial charge on any atom is -0.490 e. The van der Waals surface area contributed by atoms with Crippen molar-refractivity contribution in [2.24, 2.45) is 4.99 Å². The third kappa shape index (κ3) is 5.75. The fourth-order valence-corrected chi connectivity index (χ4v) is 5.38. The van der Waals surface area contributed by atoms with Gasteiger partial charge >= 0.3 is 5.97 Å². The molecule has 1 aliphatic heterocycles. The lowest BCUT2D eigenvalue weighted by Crippen LogP contribution is -2.39. The minimum atomic E-state index is -0.624. The van der Waals surface area contributed by atoms with E-state index in [1.165, 1.54) is 11.3 Å². The average molecular weight is 535 g/mol. The Morgan fingerprint density at radius 2 is 1.79 bits per heavy atom. The van der Waals surface area contributed by atoms with Crippen LogP contribution in [0.25, 0.3) is 6.08 Å². The highest BCUT2D eigenvalue weighted by Crippen LogP contribution is 2.31. The van der Waals surface area contributed by atoms with Crippen LogP contribution in [-0.4, -0.2) is 30.4 Å². The number of unbranched alkanes of at least 4 members (excludes halogenated alkanes) is 1. The Hall–Kier alpha value is -3.65. The number of carbonyl (C=O) groups is 1. The molecule has 4 rings (SSSR count). The van der Waals surface area contributed by atoms with Gasteiger partial charge in [0.1, 0.15) is 0 Å². The highest BCUT2D eigenvalue weighted by atomic mass is 32.1. The lowest BCUT2D eigenvalue weighted by Gasteiger charge is -2.24. The normalized spacial score (nSPS) is 15.2. The van der Waals surface area contributed by atoms with Gasteiger partial charge in [-0.25, -0.2) is 9.79 Å². The first-order valence-electron chi connectivity index (χ1n) is 13.0. The van der Waals surface area contributed by atoms with Gasteiger partial charge in [-0.2, -0.15) is 0 Å². The molecule has 200 valence electrons. The summed E-state index contributed by atoms with van der Waals surface area (Å²) in [5, 5.41) is 0. The summed E-state index contributed by atoms with van der Waals surface area (Å²) < 4.78 is 19.2. The third-order valence-electron chi connectivity index (χ3n) is 6.23. The number of hydrogen-bond donors (Lipinski definition) is 0. The molecule has 0 saturated heterocycles. The van der Waals surface area contributed by atoms with E-state index in [2.05, 4.69) is 11.9 Å². The predicted octanol–water partition coefficient (Wildman–Crippen LogP) is 4.68. The number of rotatable bonds is 10. The quantitative estimate of drug-likeness (QED) is 0.279. The van der Waals surface area contributed by atoms with E-state index in [4.69, 9.17) is 14.2 Å². The first-order valence-corrected chi connectivity index (χ1v) is 13.8. The number of nitrogens with zero attached hydrogens (tertiary/aromatic N) is 2. The summed E-state index contributed by atoms with van der Waals surface area (Å²) in [6.07, 6.45) is 3.84. The number of allylic oxidation sites excluding steroid dienone is 1. The van der Waals surface area contributed by atoms with Gasteiger partial charge in [-0.1, -0.05) is 60.6 Å². The highest BCUT2D eigenvalue weighted by molar-refractivity contribution is 7.07. The van der Waals surface area contributed by atoms with Crippen molar-refractivity contribution in [1.82, 2.24) is 4.57 Å². The number of benzene rings is 2. The first-order chi connectivity index (χ1) is 18.4. The maximum absolute atomic E-state index is 13.8. The van der Waals surface area contributed by atoms with Crippen molar-refractivity contribution >= 4 is 23.4 Å². The zero-order valence-electron chi connectivity index (χ0n) is 22.6. The van der Waals surface area contributed by atoms with Crippen LogP contribution in [0.5, 0.6) is 11.5 Å². The van der Waals surface area contributed by atoms with E-state index in [9.17, 15) is 9.59 Å². The molecule has 7 nitrogen and oxygen atoms in total. The second-order valence-corrected chi connectivity index (χ2v) is 10.1. The fourth-order valence-electron chi connectivity index (χ4n) is 4.34. The van der Waals surface area contributed by atoms with E-state index in [0.29, 0.717) is 45.3 Å². The van der Waals surface area contributed by atoms with Crippen LogP contribution in [0.3, 0.4) is 0 Å². The lowest BCUT2D eigenvalue weighted by molar-refractivity contribution is -0.139. The van der Waals surface area contributed by atoms with Crippen molar-refractivity contribution < 1.29 is 19.0 Å². The van der Waals surface area contributed by atoms with E-state index in [1.54, 1.807) is 18.4 Å². The molecule has 0 amide bonds. The molecule has 2 heterocycles. The molecule has 38 heavy (non-hydrogen) atoms. The van der Waals surface area contributed by atoms with Crippen molar-refractivity contribution in [1.29, 1.82) is 0 Å². The number of thiazole rings is 1. The van der Waals surface area contributed by atoms with E-state index < -0.39 is 12.0 Å². The molecule has 3 aromatic rings. The van der Waals surface area contributed by atoms with E-state index in [1.807, 2.05) is 62.4 Å². The van der Waals surface area contributed by atoms with Crippen LogP contribution in [0.4, 0.5) is 0 Å². The number of hydrogen-bond acceptors (Lipinski definition) is 7. The van der Waals surface area contributed by atoms with Gasteiger partial charge in [-0.05, 0) is 63.5 Å². The molecule has 1 aliphatic rings. The number of esters is 1. The van der Waals surface area contributed by atoms with Crippen molar-refractivity contribution in [2.45, 2.75) is 53.5 Å². The van der Waals surface area contributed by atoms with Gasteiger partial charge in [0, 0.05) is 0 Å². The van der Waals surface area contributed by atoms with Crippen LogP contribution in [-0.2, 0) is 9.53 Å². The molecular weight excluding hydrogens is 500 g/mol. The zero-order valence-corrected chi connectivity index (χ0v) is 23.4. The van der Waals surface area contributed by atoms with Gasteiger partial charge in [-0.3, -0.25) is 9.36 Å². The van der Waals surface area contributed by atoms with Crippen LogP contribution in [0, 0.1) is 6.92 Å². The van der Waals surface area contributed by atoms with Crippen molar-refractivity contribution in [3.63, 3.8) is 0 Å². The van der Waals surface area contributed by atoms with Crippen LogP contribution in [0.15, 0.2) is 63.5 Å². The molecule has 1 atom stereocenters. The number of aromatic nitrogens is 1. The molecule has 0 saturated carbocycles. The number of fused-ring (bicyclic) bond motifs is 1. The summed E-state index contributed by atoms with van der Waals surface area (Å²) in [6, 6.07) is 12.9. The Labute approximate surface area is 226 Å². The summed E-state index contributed by atoms with van der Waals surface area (Å²) in [5.41, 5.74) is 3.44. The van der Waals surface area contributed by atoms with Crippen molar-refractivity contribution in [3.05, 3.63) is 90.1 Å². The van der Waals surface area contributed by atoms with Crippen LogP contribution in [0.1, 0.15) is 63.3 Å². The van der Waals surface area contributed by atoms with Crippen LogP contribution >= 0.6 is 11.3 Å². The van der Waals surface area contributed by atoms with Gasteiger partial charge in [-0.15, -0.1) is 0 Å². The molecule has 8 heteroatoms. The van der Waals surface area contributed by atoms with E-state index in [0.717, 1.165) is 29.5 Å². The standard InChI is InChI=1S/C30H34N2O5S/c1-6-9-16-37-23-15-12-21(17-24(23)35-7-2)18-25-28(33)32-27(22-13-10-19(4)11-14-22)26(29(34)36-8-3)20(5)31-30(32)38-25/h10-15,17-18,27H,6-9,16H2,1-5H3/b25-18+/t27-/m0/s1. The Morgan fingerprint density at radius 3 is 2.47 bits per heavy atom. The third-order valence-corrected chi connectivity index (χ3v) is 7.21. The van der Waals surface area contributed by atoms with E-state index >= 15 is 0 Å². The Balaban J connectivity index is 1.83. The molecule has 2 aromatic carbocycles. The summed E-state index contributed by atoms with van der Waals surface area (Å²) in [6.45, 7) is 11.0. The first kappa shape index (κ1) is 27.4. The molecule has 0 bridgehead atoms. The van der Waals surface area contributed by atoms with Gasteiger partial charge in [0.15, 0.2) is 16.3 Å². The highest BCUT2D eigenvalue weighted by Gasteiger charge is 2.33. The molecule has 0 N–H and O–H groups in total. The monoisotopic (exact) mass is 534 g/mol. The lowest BCUT2D eigenvalue weighted by atomic mass is 9.95. The van der Waals surface area contributed by atoms with E-state index in [-0.39, 0.29) is 12.2 Å². The largest absolute Gasteiger partial charge is 0.490 e. The van der Waals surface area contributed by atoms with Gasteiger partial charge in [0.05, 0.1) is 41.7 Å². The predicted molar refractivity (Wildman–Crippen MR) is 150 cm³/mol. The summed E-state index contributed by atoms with van der Waals surface area (Å²) in [4.78, 5) is 32.0. The van der Waals surface area contributed by atoms with Crippen molar-refractivity contribution in [2.75, 3.05) is 19.8 Å². The minimum absolute atomic E-state index is 0.213. The molecule has 0 unspecified atom stereocenters. The molecule has 0 radical (unpaired) electrons. The average Bonchev–Trinajstić information content (AvgIpc) is 3.19. The van der Waals surface area contributed by atoms with Crippen LogP contribution in [0.2, 0.25) is 0 Å². The summed E-state index contributed by atoms with van der Waals surface area (Å²) in [5.74, 6) is 0.865. The summed E-state index contributed by atoms with van der Waals surface area (Å²) >= 11 is 1.30. The number of carbonyl (C=O) groups excluding carboxylic acids is 1. The zero-order chi connectivity index (χ0) is 27.2.